The summed E-state index contributed by atoms with van der Waals surface area (Å²) < 4.78 is 26.8. The van der Waals surface area contributed by atoms with Crippen molar-refractivity contribution >= 4 is 38.4 Å². The Morgan fingerprint density at radius 2 is 1.61 bits per heavy atom. The maximum Gasteiger partial charge on any atom is 0.261 e. The average molecular weight is 349 g/mol. The normalized spacial score (nSPS) is 11.0. The van der Waals surface area contributed by atoms with E-state index in [0.29, 0.717) is 11.3 Å². The van der Waals surface area contributed by atoms with Crippen LogP contribution < -0.4 is 4.72 Å². The molecule has 5 nitrogen and oxygen atoms in total. The third kappa shape index (κ3) is 4.94. The first kappa shape index (κ1) is 17.2. The van der Waals surface area contributed by atoms with Gasteiger partial charge >= 0.3 is 0 Å². The monoisotopic (exact) mass is 349 g/mol. The van der Waals surface area contributed by atoms with Crippen LogP contribution in [-0.4, -0.2) is 25.1 Å². The van der Waals surface area contributed by atoms with Gasteiger partial charge in [0.1, 0.15) is 0 Å². The molecule has 7 heteroatoms. The molecule has 23 heavy (non-hydrogen) atoms. The molecule has 0 aliphatic rings. The van der Waals surface area contributed by atoms with Gasteiger partial charge in [0.2, 0.25) is 0 Å². The number of Topliss-reactive ketones (excluding diaryl/α,β-unsaturated/α-hetero) is 1. The van der Waals surface area contributed by atoms with Crippen LogP contribution in [0, 0.1) is 0 Å². The van der Waals surface area contributed by atoms with E-state index in [1.807, 2.05) is 0 Å². The van der Waals surface area contributed by atoms with Crippen molar-refractivity contribution in [1.29, 1.82) is 0 Å². The molecule has 2 aromatic carbocycles. The van der Waals surface area contributed by atoms with Crippen LogP contribution in [-0.2, 0) is 14.8 Å². The van der Waals surface area contributed by atoms with Gasteiger partial charge in [0.15, 0.2) is 10.9 Å². The Labute approximate surface area is 139 Å². The number of sulfonamides is 1. The fraction of sp³-hybridized carbons (Fsp3) is 0.125. The largest absolute Gasteiger partial charge is 0.293 e. The van der Waals surface area contributed by atoms with Crippen molar-refractivity contribution in [3.05, 3.63) is 60.2 Å². The lowest BCUT2D eigenvalue weighted by Crippen LogP contribution is -2.13. The minimum atomic E-state index is -3.65. The molecular formula is C16H15NO4S2. The standard InChI is InChI=1S/C16H15NO4S2/c1-12(18)22-11-16(19)13-7-9-14(10-8-13)17-23(20,21)15-5-3-2-4-6-15/h2-10,17H,11H2,1H3. The van der Waals surface area contributed by atoms with Crippen molar-refractivity contribution in [2.24, 2.45) is 0 Å². The van der Waals surface area contributed by atoms with E-state index in [-0.39, 0.29) is 21.5 Å². The Bertz CT molecular complexity index is 800. The van der Waals surface area contributed by atoms with Crippen molar-refractivity contribution < 1.29 is 18.0 Å². The van der Waals surface area contributed by atoms with Gasteiger partial charge in [-0.3, -0.25) is 14.3 Å². The molecule has 0 radical (unpaired) electrons. The smallest absolute Gasteiger partial charge is 0.261 e. The Morgan fingerprint density at radius 3 is 2.17 bits per heavy atom. The highest BCUT2D eigenvalue weighted by Gasteiger charge is 2.14. The highest BCUT2D eigenvalue weighted by atomic mass is 32.2. The average Bonchev–Trinajstić information content (AvgIpc) is 2.54. The SMILES string of the molecule is CC(=O)SCC(=O)c1ccc(NS(=O)(=O)c2ccccc2)cc1. The Kier molecular flexibility index (Phi) is 5.57. The number of benzene rings is 2. The molecule has 2 aromatic rings. The van der Waals surface area contributed by atoms with Gasteiger partial charge in [0.25, 0.3) is 10.0 Å². The van der Waals surface area contributed by atoms with Crippen molar-refractivity contribution in [3.63, 3.8) is 0 Å². The number of carbonyl (C=O) groups is 2. The molecule has 0 aromatic heterocycles. The van der Waals surface area contributed by atoms with Crippen molar-refractivity contribution in [2.45, 2.75) is 11.8 Å². The minimum Gasteiger partial charge on any atom is -0.293 e. The highest BCUT2D eigenvalue weighted by molar-refractivity contribution is 8.14. The first-order valence-electron chi connectivity index (χ1n) is 6.73. The van der Waals surface area contributed by atoms with Gasteiger partial charge in [-0.05, 0) is 36.4 Å². The van der Waals surface area contributed by atoms with Crippen molar-refractivity contribution in [2.75, 3.05) is 10.5 Å². The molecule has 0 heterocycles. The lowest BCUT2D eigenvalue weighted by Gasteiger charge is -2.08. The third-order valence-electron chi connectivity index (χ3n) is 2.92. The van der Waals surface area contributed by atoms with E-state index in [2.05, 4.69) is 4.72 Å². The van der Waals surface area contributed by atoms with Crippen LogP contribution in [0.3, 0.4) is 0 Å². The topological polar surface area (TPSA) is 80.3 Å². The molecule has 0 aliphatic carbocycles. The summed E-state index contributed by atoms with van der Waals surface area (Å²) in [5.41, 5.74) is 0.797. The second-order valence-corrected chi connectivity index (χ2v) is 7.53. The van der Waals surface area contributed by atoms with Gasteiger partial charge in [0.05, 0.1) is 10.6 Å². The Balaban J connectivity index is 2.08. The molecule has 0 saturated carbocycles. The third-order valence-corrected chi connectivity index (χ3v) is 5.13. The maximum absolute atomic E-state index is 12.2. The number of ketones is 1. The predicted octanol–water partition coefficient (Wildman–Crippen LogP) is 2.95. The lowest BCUT2D eigenvalue weighted by atomic mass is 10.1. The summed E-state index contributed by atoms with van der Waals surface area (Å²) in [4.78, 5) is 22.9. The summed E-state index contributed by atoms with van der Waals surface area (Å²) in [6.07, 6.45) is 0. The molecule has 2 rings (SSSR count). The number of carbonyl (C=O) groups excluding carboxylic acids is 2. The number of hydrogen-bond acceptors (Lipinski definition) is 5. The van der Waals surface area contributed by atoms with E-state index in [1.165, 1.54) is 43.3 Å². The zero-order valence-electron chi connectivity index (χ0n) is 12.4. The van der Waals surface area contributed by atoms with Gasteiger partial charge in [-0.1, -0.05) is 30.0 Å². The van der Waals surface area contributed by atoms with Crippen LogP contribution in [0.5, 0.6) is 0 Å². The van der Waals surface area contributed by atoms with Crippen LogP contribution in [0.4, 0.5) is 5.69 Å². The molecule has 0 saturated heterocycles. The highest BCUT2D eigenvalue weighted by Crippen LogP contribution is 2.17. The molecule has 0 atom stereocenters. The summed E-state index contributed by atoms with van der Waals surface area (Å²) in [5, 5.41) is -0.120. The van der Waals surface area contributed by atoms with E-state index in [0.717, 1.165) is 11.8 Å². The number of hydrogen-bond donors (Lipinski definition) is 1. The van der Waals surface area contributed by atoms with Gasteiger partial charge < -0.3 is 0 Å². The first-order chi connectivity index (χ1) is 10.9. The summed E-state index contributed by atoms with van der Waals surface area (Å²) in [7, 11) is -3.65. The van der Waals surface area contributed by atoms with E-state index < -0.39 is 10.0 Å². The van der Waals surface area contributed by atoms with Crippen LogP contribution in [0.1, 0.15) is 17.3 Å². The fourth-order valence-electron chi connectivity index (χ4n) is 1.79. The molecule has 120 valence electrons. The van der Waals surface area contributed by atoms with Gasteiger partial charge in [0, 0.05) is 18.2 Å². The van der Waals surface area contributed by atoms with E-state index in [9.17, 15) is 18.0 Å². The summed E-state index contributed by atoms with van der Waals surface area (Å²) in [6.45, 7) is 1.40. The first-order valence-corrected chi connectivity index (χ1v) is 9.20. The van der Waals surface area contributed by atoms with Crippen LogP contribution >= 0.6 is 11.8 Å². The van der Waals surface area contributed by atoms with E-state index in [4.69, 9.17) is 0 Å². The molecule has 0 fully saturated rings. The summed E-state index contributed by atoms with van der Waals surface area (Å²) in [6, 6.07) is 14.1. The van der Waals surface area contributed by atoms with E-state index in [1.54, 1.807) is 18.2 Å². The molecule has 0 spiro atoms. The van der Waals surface area contributed by atoms with Crippen LogP contribution in [0.25, 0.3) is 0 Å². The zero-order chi connectivity index (χ0) is 16.9. The minimum absolute atomic E-state index is 0.0738. The Morgan fingerprint density at radius 1 is 1.00 bits per heavy atom. The second-order valence-electron chi connectivity index (χ2n) is 4.70. The molecule has 0 unspecified atom stereocenters. The van der Waals surface area contributed by atoms with Gasteiger partial charge in [-0.2, -0.15) is 0 Å². The van der Waals surface area contributed by atoms with Gasteiger partial charge in [-0.25, -0.2) is 8.42 Å². The molecular weight excluding hydrogens is 334 g/mol. The van der Waals surface area contributed by atoms with Gasteiger partial charge in [-0.15, -0.1) is 0 Å². The lowest BCUT2D eigenvalue weighted by molar-refractivity contribution is -0.109. The number of anilines is 1. The number of nitrogens with one attached hydrogen (secondary N) is 1. The maximum atomic E-state index is 12.2. The molecule has 0 amide bonds. The number of thioether (sulfide) groups is 1. The predicted molar refractivity (Wildman–Crippen MR) is 91.2 cm³/mol. The van der Waals surface area contributed by atoms with Crippen LogP contribution in [0.15, 0.2) is 59.5 Å². The Hall–Kier alpha value is -2.12. The summed E-state index contributed by atoms with van der Waals surface area (Å²) >= 11 is 0.946. The van der Waals surface area contributed by atoms with Crippen molar-refractivity contribution in [1.82, 2.24) is 0 Å². The molecule has 1 N–H and O–H groups in total. The molecule has 0 aliphatic heterocycles. The zero-order valence-corrected chi connectivity index (χ0v) is 14.0. The van der Waals surface area contributed by atoms with E-state index >= 15 is 0 Å². The van der Waals surface area contributed by atoms with Crippen LogP contribution in [0.2, 0.25) is 0 Å². The quantitative estimate of drug-likeness (QED) is 0.811. The van der Waals surface area contributed by atoms with Crippen molar-refractivity contribution in [3.8, 4) is 0 Å². The number of rotatable bonds is 6. The fourth-order valence-corrected chi connectivity index (χ4v) is 3.37. The molecule has 0 bridgehead atoms. The second kappa shape index (κ2) is 7.43. The summed E-state index contributed by atoms with van der Waals surface area (Å²) in [5.74, 6) is -0.104.